The van der Waals surface area contributed by atoms with Crippen molar-refractivity contribution in [2.75, 3.05) is 17.7 Å². The lowest BCUT2D eigenvalue weighted by Gasteiger charge is -2.09. The number of hydrogen-bond donors (Lipinski definition) is 1. The first-order valence-corrected chi connectivity index (χ1v) is 12.1. The third-order valence-corrected chi connectivity index (χ3v) is 6.76. The Morgan fingerprint density at radius 1 is 1.29 bits per heavy atom. The number of halogens is 1. The SMILES string of the molecule is CCOC(=O)c1sc(NC(=O)CSc2nnc(COc3ccccc3F)n2CC)c(C#N)c1C. The van der Waals surface area contributed by atoms with Crippen LogP contribution in [0.15, 0.2) is 29.4 Å². The van der Waals surface area contributed by atoms with Gasteiger partial charge < -0.3 is 19.4 Å². The Labute approximate surface area is 203 Å². The number of esters is 1. The van der Waals surface area contributed by atoms with Gasteiger partial charge in [0.25, 0.3) is 0 Å². The summed E-state index contributed by atoms with van der Waals surface area (Å²) in [6.45, 7) is 5.98. The molecule has 3 rings (SSSR count). The van der Waals surface area contributed by atoms with Crippen LogP contribution in [-0.4, -0.2) is 39.0 Å². The second-order valence-electron chi connectivity index (χ2n) is 6.79. The summed E-state index contributed by atoms with van der Waals surface area (Å²) in [6, 6.07) is 8.11. The maximum atomic E-state index is 13.8. The molecule has 178 valence electrons. The molecule has 1 aromatic carbocycles. The monoisotopic (exact) mass is 503 g/mol. The number of para-hydroxylation sites is 1. The van der Waals surface area contributed by atoms with E-state index in [-0.39, 0.29) is 41.1 Å². The number of benzene rings is 1. The van der Waals surface area contributed by atoms with E-state index < -0.39 is 11.8 Å². The van der Waals surface area contributed by atoms with Crippen LogP contribution in [0, 0.1) is 24.1 Å². The number of thioether (sulfide) groups is 1. The van der Waals surface area contributed by atoms with Gasteiger partial charge in [-0.1, -0.05) is 23.9 Å². The van der Waals surface area contributed by atoms with Crippen molar-refractivity contribution in [2.45, 2.75) is 39.1 Å². The lowest BCUT2D eigenvalue weighted by Crippen LogP contribution is -2.15. The highest BCUT2D eigenvalue weighted by Gasteiger charge is 2.22. The van der Waals surface area contributed by atoms with Gasteiger partial charge in [0.15, 0.2) is 22.5 Å². The molecule has 2 heterocycles. The van der Waals surface area contributed by atoms with Crippen LogP contribution in [0.1, 0.15) is 40.5 Å². The second-order valence-corrected chi connectivity index (χ2v) is 8.75. The molecule has 34 heavy (non-hydrogen) atoms. The largest absolute Gasteiger partial charge is 0.483 e. The van der Waals surface area contributed by atoms with Crippen LogP contribution in [0.25, 0.3) is 0 Å². The zero-order chi connectivity index (χ0) is 24.7. The van der Waals surface area contributed by atoms with Crippen LogP contribution in [0.4, 0.5) is 9.39 Å². The molecule has 2 aromatic heterocycles. The molecular weight excluding hydrogens is 481 g/mol. The van der Waals surface area contributed by atoms with E-state index in [1.54, 1.807) is 30.5 Å². The highest BCUT2D eigenvalue weighted by atomic mass is 32.2. The molecule has 0 aliphatic heterocycles. The van der Waals surface area contributed by atoms with E-state index in [0.29, 0.717) is 28.1 Å². The van der Waals surface area contributed by atoms with E-state index in [9.17, 15) is 19.2 Å². The Morgan fingerprint density at radius 3 is 2.74 bits per heavy atom. The molecule has 0 aliphatic rings. The Kier molecular flexibility index (Phi) is 8.61. The van der Waals surface area contributed by atoms with Crippen molar-refractivity contribution in [1.29, 1.82) is 5.26 Å². The summed E-state index contributed by atoms with van der Waals surface area (Å²) in [5.41, 5.74) is 0.704. The molecule has 3 aromatic rings. The molecule has 0 unspecified atom stereocenters. The molecule has 0 saturated heterocycles. The summed E-state index contributed by atoms with van der Waals surface area (Å²) >= 11 is 2.17. The lowest BCUT2D eigenvalue weighted by molar-refractivity contribution is -0.113. The Bertz CT molecular complexity index is 1230. The molecule has 9 nitrogen and oxygen atoms in total. The third-order valence-electron chi connectivity index (χ3n) is 4.61. The minimum Gasteiger partial charge on any atom is -0.483 e. The molecule has 0 spiro atoms. The Balaban J connectivity index is 1.64. The van der Waals surface area contributed by atoms with Crippen molar-refractivity contribution < 1.29 is 23.5 Å². The highest BCUT2D eigenvalue weighted by Crippen LogP contribution is 2.33. The average Bonchev–Trinajstić information content (AvgIpc) is 3.36. The molecule has 0 atom stereocenters. The van der Waals surface area contributed by atoms with Gasteiger partial charge in [-0.25, -0.2) is 9.18 Å². The number of nitrogens with zero attached hydrogens (tertiary/aromatic N) is 4. The zero-order valence-corrected chi connectivity index (χ0v) is 20.4. The first-order valence-electron chi connectivity index (χ1n) is 10.3. The highest BCUT2D eigenvalue weighted by molar-refractivity contribution is 7.99. The molecule has 0 saturated carbocycles. The Hall–Kier alpha value is -3.43. The molecule has 1 amide bonds. The predicted octanol–water partition coefficient (Wildman–Crippen LogP) is 4.17. The minimum atomic E-state index is -0.530. The summed E-state index contributed by atoms with van der Waals surface area (Å²) in [6.07, 6.45) is 0. The molecule has 0 radical (unpaired) electrons. The van der Waals surface area contributed by atoms with Crippen molar-refractivity contribution in [3.8, 4) is 11.8 Å². The lowest BCUT2D eigenvalue weighted by atomic mass is 10.2. The van der Waals surface area contributed by atoms with Crippen LogP contribution in [0.3, 0.4) is 0 Å². The maximum Gasteiger partial charge on any atom is 0.348 e. The topological polar surface area (TPSA) is 119 Å². The fourth-order valence-electron chi connectivity index (χ4n) is 2.97. The molecule has 0 aliphatic carbocycles. The van der Waals surface area contributed by atoms with Gasteiger partial charge in [0, 0.05) is 6.54 Å². The Morgan fingerprint density at radius 2 is 2.06 bits per heavy atom. The third kappa shape index (κ3) is 5.73. The number of rotatable bonds is 10. The van der Waals surface area contributed by atoms with Gasteiger partial charge in [-0.3, -0.25) is 4.79 Å². The molecular formula is C22H22FN5O4S2. The van der Waals surface area contributed by atoms with Crippen molar-refractivity contribution in [2.24, 2.45) is 0 Å². The van der Waals surface area contributed by atoms with Gasteiger partial charge in [0.2, 0.25) is 5.91 Å². The van der Waals surface area contributed by atoms with E-state index in [2.05, 4.69) is 15.5 Å². The van der Waals surface area contributed by atoms with Crippen molar-refractivity contribution in [3.05, 3.63) is 51.9 Å². The van der Waals surface area contributed by atoms with Crippen LogP contribution >= 0.6 is 23.1 Å². The fourth-order valence-corrected chi connectivity index (χ4v) is 4.86. The van der Waals surface area contributed by atoms with Gasteiger partial charge in [0.1, 0.15) is 22.6 Å². The first-order chi connectivity index (χ1) is 16.4. The summed E-state index contributed by atoms with van der Waals surface area (Å²) in [5.74, 6) is -0.756. The van der Waals surface area contributed by atoms with E-state index in [4.69, 9.17) is 9.47 Å². The normalized spacial score (nSPS) is 10.6. The summed E-state index contributed by atoms with van der Waals surface area (Å²) in [4.78, 5) is 24.9. The van der Waals surface area contributed by atoms with Crippen molar-refractivity contribution in [3.63, 3.8) is 0 Å². The van der Waals surface area contributed by atoms with Crippen LogP contribution in [0.5, 0.6) is 5.75 Å². The van der Waals surface area contributed by atoms with Gasteiger partial charge >= 0.3 is 5.97 Å². The number of nitriles is 1. The number of ether oxygens (including phenoxy) is 2. The number of aromatic nitrogens is 3. The number of anilines is 1. The van der Waals surface area contributed by atoms with Gasteiger partial charge in [-0.05, 0) is 38.5 Å². The number of hydrogen-bond acceptors (Lipinski definition) is 9. The summed E-state index contributed by atoms with van der Waals surface area (Å²) in [5, 5.41) is 21.1. The maximum absolute atomic E-state index is 13.8. The number of carbonyl (C=O) groups is 2. The van der Waals surface area contributed by atoms with Crippen molar-refractivity contribution >= 4 is 40.0 Å². The zero-order valence-electron chi connectivity index (χ0n) is 18.8. The predicted molar refractivity (Wildman–Crippen MR) is 126 cm³/mol. The molecule has 0 bridgehead atoms. The number of thiophene rings is 1. The minimum absolute atomic E-state index is 0.00284. The van der Waals surface area contributed by atoms with Crippen molar-refractivity contribution in [1.82, 2.24) is 14.8 Å². The van der Waals surface area contributed by atoms with Gasteiger partial charge in [-0.15, -0.1) is 21.5 Å². The van der Waals surface area contributed by atoms with Crippen LogP contribution < -0.4 is 10.1 Å². The first kappa shape index (κ1) is 25.2. The molecule has 12 heteroatoms. The van der Waals surface area contributed by atoms with E-state index in [1.807, 2.05) is 13.0 Å². The number of carbonyl (C=O) groups excluding carboxylic acids is 2. The van der Waals surface area contributed by atoms with Gasteiger partial charge in [0.05, 0.1) is 17.9 Å². The van der Waals surface area contributed by atoms with E-state index >= 15 is 0 Å². The quantitative estimate of drug-likeness (QED) is 0.323. The number of nitrogens with one attached hydrogen (secondary N) is 1. The van der Waals surface area contributed by atoms with Crippen LogP contribution in [-0.2, 0) is 22.7 Å². The smallest absolute Gasteiger partial charge is 0.348 e. The standard InChI is InChI=1S/C22H22FN5O4S2/c1-4-28-17(11-32-16-9-7-6-8-15(16)23)26-27-22(28)33-12-18(29)25-20-14(10-24)13(3)19(34-20)21(30)31-5-2/h6-9H,4-5,11-12H2,1-3H3,(H,25,29). The average molecular weight is 504 g/mol. The molecule has 0 fully saturated rings. The van der Waals surface area contributed by atoms with E-state index in [1.165, 1.54) is 12.1 Å². The number of amides is 1. The van der Waals surface area contributed by atoms with Gasteiger partial charge in [-0.2, -0.15) is 5.26 Å². The summed E-state index contributed by atoms with van der Waals surface area (Å²) in [7, 11) is 0. The van der Waals surface area contributed by atoms with E-state index in [0.717, 1.165) is 23.1 Å². The summed E-state index contributed by atoms with van der Waals surface area (Å²) < 4.78 is 26.1. The van der Waals surface area contributed by atoms with Crippen LogP contribution in [0.2, 0.25) is 0 Å². The molecule has 1 N–H and O–H groups in total. The fraction of sp³-hybridized carbons (Fsp3) is 0.318. The second kappa shape index (κ2) is 11.6.